The molecule has 26 heavy (non-hydrogen) atoms. The first-order valence-corrected chi connectivity index (χ1v) is 8.77. The number of aromatic nitrogens is 2. The van der Waals surface area contributed by atoms with Gasteiger partial charge in [0.05, 0.1) is 25.5 Å². The van der Waals surface area contributed by atoms with Crippen molar-refractivity contribution in [2.75, 3.05) is 7.11 Å². The summed E-state index contributed by atoms with van der Waals surface area (Å²) in [7, 11) is 1.31. The Kier molecular flexibility index (Phi) is 4.14. The molecule has 1 aliphatic carbocycles. The number of nitrogens with zero attached hydrogens (tertiary/aromatic N) is 2. The summed E-state index contributed by atoms with van der Waals surface area (Å²) in [6, 6.07) is 5.20. The quantitative estimate of drug-likeness (QED) is 0.847. The molecule has 0 bridgehead atoms. The van der Waals surface area contributed by atoms with Gasteiger partial charge in [0.1, 0.15) is 5.75 Å². The van der Waals surface area contributed by atoms with Gasteiger partial charge in [0.15, 0.2) is 12.1 Å². The number of fused-ring (bicyclic) bond motifs is 2. The van der Waals surface area contributed by atoms with Crippen molar-refractivity contribution in [3.63, 3.8) is 0 Å². The van der Waals surface area contributed by atoms with Crippen molar-refractivity contribution in [3.05, 3.63) is 46.8 Å². The SMILES string of the molecule is COC(=O)C1c2cn[nH]c2CN1C(=O)C(C)Oc1ccc2c(c1)CCC2. The van der Waals surface area contributed by atoms with E-state index < -0.39 is 18.1 Å². The maximum absolute atomic E-state index is 12.9. The van der Waals surface area contributed by atoms with Crippen LogP contribution in [0.1, 0.15) is 41.8 Å². The summed E-state index contributed by atoms with van der Waals surface area (Å²) in [5.41, 5.74) is 4.07. The third kappa shape index (κ3) is 2.73. The second-order valence-corrected chi connectivity index (χ2v) is 6.74. The summed E-state index contributed by atoms with van der Waals surface area (Å²) in [5.74, 6) is -0.0609. The molecule has 7 nitrogen and oxygen atoms in total. The third-order valence-electron chi connectivity index (χ3n) is 5.12. The Bertz CT molecular complexity index is 860. The normalized spacial score (nSPS) is 19.0. The molecule has 2 heterocycles. The summed E-state index contributed by atoms with van der Waals surface area (Å²) in [4.78, 5) is 26.6. The molecule has 1 N–H and O–H groups in total. The van der Waals surface area contributed by atoms with Crippen LogP contribution in [0.5, 0.6) is 5.75 Å². The third-order valence-corrected chi connectivity index (χ3v) is 5.12. The van der Waals surface area contributed by atoms with E-state index in [-0.39, 0.29) is 12.5 Å². The molecule has 0 fully saturated rings. The Morgan fingerprint density at radius 2 is 2.12 bits per heavy atom. The Hall–Kier alpha value is -2.83. The van der Waals surface area contributed by atoms with Gasteiger partial charge in [-0.1, -0.05) is 6.07 Å². The molecule has 2 atom stereocenters. The van der Waals surface area contributed by atoms with Crippen molar-refractivity contribution in [3.8, 4) is 5.75 Å². The first-order valence-electron chi connectivity index (χ1n) is 8.77. The van der Waals surface area contributed by atoms with Crippen LogP contribution in [0.4, 0.5) is 0 Å². The summed E-state index contributed by atoms with van der Waals surface area (Å²) >= 11 is 0. The molecule has 2 unspecified atom stereocenters. The molecule has 4 rings (SSSR count). The predicted molar refractivity (Wildman–Crippen MR) is 92.5 cm³/mol. The average molecular weight is 355 g/mol. The Morgan fingerprint density at radius 1 is 1.31 bits per heavy atom. The van der Waals surface area contributed by atoms with Gasteiger partial charge in [-0.2, -0.15) is 5.10 Å². The van der Waals surface area contributed by atoms with E-state index in [0.717, 1.165) is 25.0 Å². The van der Waals surface area contributed by atoms with Crippen LogP contribution < -0.4 is 4.74 Å². The number of nitrogens with one attached hydrogen (secondary N) is 1. The fourth-order valence-corrected chi connectivity index (χ4v) is 3.79. The van der Waals surface area contributed by atoms with E-state index in [1.165, 1.54) is 23.1 Å². The minimum Gasteiger partial charge on any atom is -0.481 e. The molecule has 2 aliphatic rings. The number of esters is 1. The number of hydrogen-bond acceptors (Lipinski definition) is 5. The highest BCUT2D eigenvalue weighted by atomic mass is 16.5. The van der Waals surface area contributed by atoms with Crippen LogP contribution in [0.25, 0.3) is 0 Å². The van der Waals surface area contributed by atoms with Gasteiger partial charge < -0.3 is 14.4 Å². The molecule has 0 radical (unpaired) electrons. The van der Waals surface area contributed by atoms with E-state index >= 15 is 0 Å². The van der Waals surface area contributed by atoms with Crippen LogP contribution in [0, 0.1) is 0 Å². The Balaban J connectivity index is 1.51. The number of hydrogen-bond donors (Lipinski definition) is 1. The number of amides is 1. The van der Waals surface area contributed by atoms with Crippen LogP contribution in [0.3, 0.4) is 0 Å². The minimum absolute atomic E-state index is 0.259. The molecule has 1 aromatic carbocycles. The maximum atomic E-state index is 12.9. The van der Waals surface area contributed by atoms with Gasteiger partial charge in [-0.25, -0.2) is 4.79 Å². The van der Waals surface area contributed by atoms with E-state index in [0.29, 0.717) is 11.3 Å². The van der Waals surface area contributed by atoms with Crippen molar-refractivity contribution in [1.29, 1.82) is 0 Å². The largest absolute Gasteiger partial charge is 0.481 e. The van der Waals surface area contributed by atoms with Crippen molar-refractivity contribution in [2.24, 2.45) is 0 Å². The molecule has 0 spiro atoms. The smallest absolute Gasteiger partial charge is 0.333 e. The van der Waals surface area contributed by atoms with Gasteiger partial charge in [-0.3, -0.25) is 9.89 Å². The minimum atomic E-state index is -0.785. The Labute approximate surface area is 151 Å². The Morgan fingerprint density at radius 3 is 2.92 bits per heavy atom. The van der Waals surface area contributed by atoms with Crippen molar-refractivity contribution in [2.45, 2.75) is 44.9 Å². The maximum Gasteiger partial charge on any atom is 0.333 e. The van der Waals surface area contributed by atoms with E-state index in [2.05, 4.69) is 16.3 Å². The van der Waals surface area contributed by atoms with Crippen molar-refractivity contribution >= 4 is 11.9 Å². The molecule has 136 valence electrons. The number of aromatic amines is 1. The zero-order valence-electron chi connectivity index (χ0n) is 14.8. The number of aryl methyl sites for hydroxylation is 2. The molecular weight excluding hydrogens is 334 g/mol. The number of ether oxygens (including phenoxy) is 2. The van der Waals surface area contributed by atoms with Crippen LogP contribution in [0.2, 0.25) is 0 Å². The van der Waals surface area contributed by atoms with Gasteiger partial charge in [0.25, 0.3) is 5.91 Å². The first kappa shape index (κ1) is 16.6. The zero-order valence-corrected chi connectivity index (χ0v) is 14.8. The lowest BCUT2D eigenvalue weighted by atomic mass is 10.1. The first-order chi connectivity index (χ1) is 12.6. The van der Waals surface area contributed by atoms with E-state index in [9.17, 15) is 9.59 Å². The molecular formula is C19H21N3O4. The van der Waals surface area contributed by atoms with Crippen molar-refractivity contribution < 1.29 is 19.1 Å². The number of carbonyl (C=O) groups is 2. The monoisotopic (exact) mass is 355 g/mol. The highest BCUT2D eigenvalue weighted by molar-refractivity contribution is 5.89. The lowest BCUT2D eigenvalue weighted by Gasteiger charge is -2.26. The molecule has 1 amide bonds. The molecule has 2 aromatic rings. The standard InChI is InChI=1S/C19H21N3O4/c1-11(26-14-7-6-12-4-3-5-13(12)8-14)18(23)22-10-16-15(9-20-21-16)17(22)19(24)25-2/h6-9,11,17H,3-5,10H2,1-2H3,(H,20,21). The molecule has 0 saturated heterocycles. The van der Waals surface area contributed by atoms with Crippen LogP contribution in [-0.4, -0.2) is 40.2 Å². The van der Waals surface area contributed by atoms with Gasteiger partial charge >= 0.3 is 5.97 Å². The van der Waals surface area contributed by atoms with Crippen LogP contribution in [-0.2, 0) is 33.7 Å². The average Bonchev–Trinajstić information content (AvgIpc) is 3.34. The lowest BCUT2D eigenvalue weighted by molar-refractivity contribution is -0.155. The van der Waals surface area contributed by atoms with Crippen LogP contribution in [0.15, 0.2) is 24.4 Å². The van der Waals surface area contributed by atoms with E-state index in [4.69, 9.17) is 9.47 Å². The van der Waals surface area contributed by atoms with Gasteiger partial charge in [0, 0.05) is 5.56 Å². The number of benzene rings is 1. The summed E-state index contributed by atoms with van der Waals surface area (Å²) in [5, 5.41) is 6.78. The highest BCUT2D eigenvalue weighted by Crippen LogP contribution is 2.34. The fourth-order valence-electron chi connectivity index (χ4n) is 3.79. The number of H-pyrrole nitrogens is 1. The van der Waals surface area contributed by atoms with Crippen LogP contribution >= 0.6 is 0 Å². The second kappa shape index (κ2) is 6.48. The van der Waals surface area contributed by atoms with E-state index in [1.807, 2.05) is 12.1 Å². The predicted octanol–water partition coefficient (Wildman–Crippen LogP) is 1.92. The fraction of sp³-hybridized carbons (Fsp3) is 0.421. The van der Waals surface area contributed by atoms with Crippen molar-refractivity contribution in [1.82, 2.24) is 15.1 Å². The second-order valence-electron chi connectivity index (χ2n) is 6.74. The zero-order chi connectivity index (χ0) is 18.3. The number of carbonyl (C=O) groups excluding carboxylic acids is 2. The summed E-state index contributed by atoms with van der Waals surface area (Å²) < 4.78 is 10.8. The van der Waals surface area contributed by atoms with Gasteiger partial charge in [-0.05, 0) is 49.4 Å². The lowest BCUT2D eigenvalue weighted by Crippen LogP contribution is -2.42. The molecule has 1 aliphatic heterocycles. The number of rotatable bonds is 4. The molecule has 1 aromatic heterocycles. The summed E-state index contributed by atoms with van der Waals surface area (Å²) in [6.07, 6.45) is 4.17. The topological polar surface area (TPSA) is 84.5 Å². The highest BCUT2D eigenvalue weighted by Gasteiger charge is 2.42. The van der Waals surface area contributed by atoms with Gasteiger partial charge in [-0.15, -0.1) is 0 Å². The molecule has 0 saturated carbocycles. The van der Waals surface area contributed by atoms with Gasteiger partial charge in [0.2, 0.25) is 0 Å². The number of methoxy groups -OCH3 is 1. The molecule has 7 heteroatoms. The van der Waals surface area contributed by atoms with E-state index in [1.54, 1.807) is 13.1 Å². The summed E-state index contributed by atoms with van der Waals surface area (Å²) in [6.45, 7) is 1.99.